The molecule has 0 saturated heterocycles. The van der Waals surface area contributed by atoms with Gasteiger partial charge in [-0.05, 0) is 37.1 Å². The minimum atomic E-state index is -1.33. The van der Waals surface area contributed by atoms with Gasteiger partial charge < -0.3 is 16.2 Å². The van der Waals surface area contributed by atoms with Gasteiger partial charge in [0.15, 0.2) is 11.2 Å². The number of nitrogens with one attached hydrogen (secondary N) is 1. The largest absolute Gasteiger partial charge is 0.465 e. The number of pyridine rings is 1. The van der Waals surface area contributed by atoms with Crippen LogP contribution in [0.3, 0.4) is 0 Å². The fraction of sp³-hybridized carbons (Fsp3) is 0.263. The quantitative estimate of drug-likeness (QED) is 0.482. The highest BCUT2D eigenvalue weighted by Crippen LogP contribution is 2.22. The van der Waals surface area contributed by atoms with Crippen molar-refractivity contribution in [2.24, 2.45) is 5.73 Å². The molecule has 29 heavy (non-hydrogen) atoms. The van der Waals surface area contributed by atoms with E-state index in [-0.39, 0.29) is 0 Å². The van der Waals surface area contributed by atoms with Crippen molar-refractivity contribution in [2.75, 3.05) is 5.32 Å². The third kappa shape index (κ3) is 4.21. The Kier molecular flexibility index (Phi) is 5.14. The molecule has 0 spiro atoms. The number of benzene rings is 1. The van der Waals surface area contributed by atoms with Gasteiger partial charge in [0.25, 0.3) is 0 Å². The van der Waals surface area contributed by atoms with E-state index in [2.05, 4.69) is 36.3 Å². The standard InChI is InChI=1S/C18H17N7.CH3NO2/c1-2-6-13(5-1)21-18-20-11-16-17(22-18)25(24-23-16)14-7-8-15-12(10-14)4-3-9-19-15;2-1(3)4/h3-4,7-11,13H,1-2,5-6H2,(H,20,21,22);2H2,(H,3,4). The number of primary amides is 1. The van der Waals surface area contributed by atoms with Crippen LogP contribution in [0.5, 0.6) is 0 Å². The van der Waals surface area contributed by atoms with Crippen LogP contribution in [0.2, 0.25) is 0 Å². The molecule has 0 unspecified atom stereocenters. The average Bonchev–Trinajstić information content (AvgIpc) is 3.37. The summed E-state index contributed by atoms with van der Waals surface area (Å²) in [6.07, 6.45) is 7.08. The molecule has 10 heteroatoms. The molecule has 1 aliphatic carbocycles. The number of amides is 1. The molecule has 0 radical (unpaired) electrons. The molecule has 4 aromatic rings. The lowest BCUT2D eigenvalue weighted by Gasteiger charge is -2.11. The first kappa shape index (κ1) is 18.5. The molecule has 10 nitrogen and oxygen atoms in total. The van der Waals surface area contributed by atoms with Crippen LogP contribution in [0.15, 0.2) is 42.7 Å². The van der Waals surface area contributed by atoms with E-state index in [1.54, 1.807) is 17.1 Å². The lowest BCUT2D eigenvalue weighted by atomic mass is 10.2. The smallest absolute Gasteiger partial charge is 0.402 e. The molecule has 1 aromatic carbocycles. The number of nitrogens with zero attached hydrogens (tertiary/aromatic N) is 6. The number of hydrogen-bond acceptors (Lipinski definition) is 7. The summed E-state index contributed by atoms with van der Waals surface area (Å²) in [6, 6.07) is 10.4. The first-order valence-electron chi connectivity index (χ1n) is 9.29. The lowest BCUT2D eigenvalue weighted by molar-refractivity contribution is 0.205. The Morgan fingerprint density at radius 1 is 1.17 bits per heavy atom. The van der Waals surface area contributed by atoms with Crippen LogP contribution in [0.4, 0.5) is 10.7 Å². The van der Waals surface area contributed by atoms with Crippen LogP contribution in [0.25, 0.3) is 27.8 Å². The maximum atomic E-state index is 8.78. The Labute approximate surface area is 165 Å². The van der Waals surface area contributed by atoms with Gasteiger partial charge in [-0.25, -0.2) is 9.78 Å². The normalized spacial score (nSPS) is 13.9. The van der Waals surface area contributed by atoms with E-state index in [0.29, 0.717) is 23.2 Å². The molecular formula is C19H20N8O2. The van der Waals surface area contributed by atoms with Gasteiger partial charge in [-0.2, -0.15) is 9.67 Å². The Morgan fingerprint density at radius 2 is 1.97 bits per heavy atom. The molecular weight excluding hydrogens is 372 g/mol. The number of anilines is 1. The van der Waals surface area contributed by atoms with E-state index in [0.717, 1.165) is 16.6 Å². The second-order valence-electron chi connectivity index (χ2n) is 6.75. The molecule has 1 fully saturated rings. The maximum absolute atomic E-state index is 8.78. The van der Waals surface area contributed by atoms with Crippen molar-refractivity contribution < 1.29 is 9.90 Å². The monoisotopic (exact) mass is 392 g/mol. The molecule has 3 heterocycles. The van der Waals surface area contributed by atoms with Crippen molar-refractivity contribution in [1.82, 2.24) is 29.9 Å². The van der Waals surface area contributed by atoms with Gasteiger partial charge in [0.1, 0.15) is 0 Å². The van der Waals surface area contributed by atoms with Crippen molar-refractivity contribution in [3.63, 3.8) is 0 Å². The van der Waals surface area contributed by atoms with Crippen molar-refractivity contribution >= 4 is 34.1 Å². The van der Waals surface area contributed by atoms with Gasteiger partial charge in [0.05, 0.1) is 17.4 Å². The summed E-state index contributed by atoms with van der Waals surface area (Å²) >= 11 is 0. The van der Waals surface area contributed by atoms with Crippen LogP contribution < -0.4 is 11.1 Å². The van der Waals surface area contributed by atoms with Crippen LogP contribution in [0, 0.1) is 0 Å². The number of rotatable bonds is 3. The second-order valence-corrected chi connectivity index (χ2v) is 6.75. The molecule has 148 valence electrons. The van der Waals surface area contributed by atoms with E-state index in [4.69, 9.17) is 9.90 Å². The van der Waals surface area contributed by atoms with Gasteiger partial charge in [-0.1, -0.05) is 24.1 Å². The first-order valence-corrected chi connectivity index (χ1v) is 9.29. The van der Waals surface area contributed by atoms with Gasteiger partial charge in [-0.15, -0.1) is 5.10 Å². The van der Waals surface area contributed by atoms with E-state index in [1.165, 1.54) is 25.7 Å². The number of fused-ring (bicyclic) bond motifs is 2. The summed E-state index contributed by atoms with van der Waals surface area (Å²) < 4.78 is 1.75. The lowest BCUT2D eigenvalue weighted by Crippen LogP contribution is -2.16. The van der Waals surface area contributed by atoms with E-state index >= 15 is 0 Å². The number of carbonyl (C=O) groups is 1. The highest BCUT2D eigenvalue weighted by atomic mass is 16.4. The summed E-state index contributed by atoms with van der Waals surface area (Å²) in [4.78, 5) is 22.2. The zero-order valence-electron chi connectivity index (χ0n) is 15.6. The van der Waals surface area contributed by atoms with Crippen molar-refractivity contribution in [3.05, 3.63) is 42.7 Å². The summed E-state index contributed by atoms with van der Waals surface area (Å²) in [5.41, 5.74) is 7.28. The average molecular weight is 392 g/mol. The molecule has 1 aliphatic rings. The third-order valence-corrected chi connectivity index (χ3v) is 4.71. The highest BCUT2D eigenvalue weighted by molar-refractivity contribution is 5.81. The van der Waals surface area contributed by atoms with Crippen molar-refractivity contribution in [1.29, 1.82) is 0 Å². The second kappa shape index (κ2) is 8.05. The Bertz CT molecular complexity index is 1150. The Morgan fingerprint density at radius 3 is 2.76 bits per heavy atom. The molecule has 1 amide bonds. The Balaban J connectivity index is 0.000000472. The molecule has 5 rings (SSSR count). The molecule has 4 N–H and O–H groups in total. The van der Waals surface area contributed by atoms with Gasteiger partial charge in [-0.3, -0.25) is 4.98 Å². The molecule has 0 aliphatic heterocycles. The Hall–Kier alpha value is -3.82. The summed E-state index contributed by atoms with van der Waals surface area (Å²) in [7, 11) is 0. The minimum absolute atomic E-state index is 0.466. The number of aromatic nitrogens is 6. The van der Waals surface area contributed by atoms with Crippen LogP contribution in [-0.4, -0.2) is 47.2 Å². The number of nitrogens with two attached hydrogens (primary N) is 1. The molecule has 0 bridgehead atoms. The summed E-state index contributed by atoms with van der Waals surface area (Å²) in [6.45, 7) is 0. The van der Waals surface area contributed by atoms with Gasteiger partial charge >= 0.3 is 6.09 Å². The van der Waals surface area contributed by atoms with Gasteiger partial charge in [0.2, 0.25) is 5.95 Å². The minimum Gasteiger partial charge on any atom is -0.465 e. The van der Waals surface area contributed by atoms with Crippen LogP contribution in [0.1, 0.15) is 25.7 Å². The van der Waals surface area contributed by atoms with Crippen LogP contribution >= 0.6 is 0 Å². The van der Waals surface area contributed by atoms with E-state index < -0.39 is 6.09 Å². The highest BCUT2D eigenvalue weighted by Gasteiger charge is 2.17. The van der Waals surface area contributed by atoms with Gasteiger partial charge in [0, 0.05) is 17.6 Å². The predicted molar refractivity (Wildman–Crippen MR) is 108 cm³/mol. The number of hydrogen-bond donors (Lipinski definition) is 3. The SMILES string of the molecule is NC(=O)O.c1cnc2ccc(-n3nnc4cnc(NC5CCCC5)nc43)cc2c1. The fourth-order valence-corrected chi connectivity index (χ4v) is 3.42. The predicted octanol–water partition coefficient (Wildman–Crippen LogP) is 2.74. The first-order chi connectivity index (χ1) is 14.1. The summed E-state index contributed by atoms with van der Waals surface area (Å²) in [5, 5.41) is 20.1. The van der Waals surface area contributed by atoms with E-state index in [9.17, 15) is 0 Å². The van der Waals surface area contributed by atoms with Crippen molar-refractivity contribution in [2.45, 2.75) is 31.7 Å². The molecule has 1 saturated carbocycles. The third-order valence-electron chi connectivity index (χ3n) is 4.71. The fourth-order valence-electron chi connectivity index (χ4n) is 3.42. The zero-order chi connectivity index (χ0) is 20.2. The summed E-state index contributed by atoms with van der Waals surface area (Å²) in [5.74, 6) is 0.644. The number of carboxylic acid groups (broad SMARTS) is 1. The molecule has 3 aromatic heterocycles. The molecule has 0 atom stereocenters. The topological polar surface area (TPSA) is 145 Å². The van der Waals surface area contributed by atoms with E-state index in [1.807, 2.05) is 30.3 Å². The zero-order valence-corrected chi connectivity index (χ0v) is 15.6. The van der Waals surface area contributed by atoms with Crippen molar-refractivity contribution in [3.8, 4) is 5.69 Å². The van der Waals surface area contributed by atoms with Crippen LogP contribution in [-0.2, 0) is 0 Å². The maximum Gasteiger partial charge on any atom is 0.402 e.